The van der Waals surface area contributed by atoms with Gasteiger partial charge in [0.1, 0.15) is 0 Å². The molecule has 0 aliphatic rings. The van der Waals surface area contributed by atoms with E-state index in [0.717, 1.165) is 11.3 Å². The van der Waals surface area contributed by atoms with Gasteiger partial charge in [-0.2, -0.15) is 9.97 Å². The molecule has 0 saturated carbocycles. The Hall–Kier alpha value is -2.08. The summed E-state index contributed by atoms with van der Waals surface area (Å²) >= 11 is 6.15. The lowest BCUT2D eigenvalue weighted by atomic mass is 10.1. The van der Waals surface area contributed by atoms with Gasteiger partial charge in [0.25, 0.3) is 0 Å². The molecule has 2 rings (SSSR count). The fourth-order valence-electron chi connectivity index (χ4n) is 1.65. The van der Waals surface area contributed by atoms with E-state index >= 15 is 0 Å². The summed E-state index contributed by atoms with van der Waals surface area (Å²) in [6, 6.07) is 8.02. The molecule has 1 aromatic carbocycles. The van der Waals surface area contributed by atoms with Crippen molar-refractivity contribution in [3.05, 3.63) is 29.8 Å². The summed E-state index contributed by atoms with van der Waals surface area (Å²) in [4.78, 5) is 12.2. The normalized spacial score (nSPS) is 11.8. The second-order valence-corrected chi connectivity index (χ2v) is 4.62. The van der Waals surface area contributed by atoms with Crippen LogP contribution in [0.1, 0.15) is 17.9 Å². The van der Waals surface area contributed by atoms with Crippen molar-refractivity contribution in [3.8, 4) is 12.0 Å². The Bertz CT molecular complexity index is 570. The number of para-hydroxylation sites is 1. The summed E-state index contributed by atoms with van der Waals surface area (Å²) in [6.07, 6.45) is 0. The van der Waals surface area contributed by atoms with E-state index in [-0.39, 0.29) is 17.4 Å². The number of hydrogen-bond donors (Lipinski definition) is 1. The zero-order valence-corrected chi connectivity index (χ0v) is 12.2. The number of ether oxygens (including phenoxy) is 2. The Morgan fingerprint density at radius 2 is 1.65 bits per heavy atom. The summed E-state index contributed by atoms with van der Waals surface area (Å²) < 4.78 is 10.0. The number of benzene rings is 1. The quantitative estimate of drug-likeness (QED) is 0.855. The fourth-order valence-corrected chi connectivity index (χ4v) is 1.84. The summed E-state index contributed by atoms with van der Waals surface area (Å²) in [5.74, 6) is 0.332. The highest BCUT2D eigenvalue weighted by Gasteiger charge is 2.11. The molecular weight excluding hydrogens is 280 g/mol. The van der Waals surface area contributed by atoms with E-state index in [1.54, 1.807) is 0 Å². The van der Waals surface area contributed by atoms with Gasteiger partial charge in [-0.05, 0) is 18.6 Å². The molecule has 1 heterocycles. The average Bonchev–Trinajstić information content (AvgIpc) is 2.47. The van der Waals surface area contributed by atoms with Crippen LogP contribution in [0.2, 0.25) is 0 Å². The first-order chi connectivity index (χ1) is 9.63. The van der Waals surface area contributed by atoms with E-state index in [4.69, 9.17) is 21.1 Å². The minimum atomic E-state index is -0.135. The molecule has 2 aromatic rings. The van der Waals surface area contributed by atoms with Crippen molar-refractivity contribution in [2.45, 2.75) is 12.3 Å². The van der Waals surface area contributed by atoms with E-state index in [0.29, 0.717) is 5.95 Å². The number of hydrogen-bond acceptors (Lipinski definition) is 6. The number of methoxy groups -OCH3 is 2. The maximum absolute atomic E-state index is 6.15. The molecule has 0 bridgehead atoms. The van der Waals surface area contributed by atoms with E-state index in [1.807, 2.05) is 31.2 Å². The first-order valence-electron chi connectivity index (χ1n) is 5.98. The number of nitrogens with one attached hydrogen (secondary N) is 1. The van der Waals surface area contributed by atoms with Crippen LogP contribution in [0.3, 0.4) is 0 Å². The van der Waals surface area contributed by atoms with Crippen molar-refractivity contribution in [3.63, 3.8) is 0 Å². The van der Waals surface area contributed by atoms with Gasteiger partial charge in [-0.15, -0.1) is 16.6 Å². The minimum absolute atomic E-state index is 0.135. The van der Waals surface area contributed by atoms with Crippen LogP contribution in [-0.2, 0) is 0 Å². The van der Waals surface area contributed by atoms with Crippen molar-refractivity contribution >= 4 is 23.2 Å². The lowest BCUT2D eigenvalue weighted by molar-refractivity contribution is 0.341. The lowest BCUT2D eigenvalue weighted by Gasteiger charge is -2.12. The molecule has 6 nitrogen and oxygen atoms in total. The SMILES string of the molecule is COc1nc(Nc2ccccc2C(C)Cl)nc(OC)n1. The molecule has 0 saturated heterocycles. The molecule has 0 aliphatic heterocycles. The summed E-state index contributed by atoms with van der Waals surface area (Å²) in [7, 11) is 2.96. The molecule has 0 amide bonds. The lowest BCUT2D eigenvalue weighted by Crippen LogP contribution is -2.05. The number of aromatic nitrogens is 3. The van der Waals surface area contributed by atoms with Gasteiger partial charge in [0, 0.05) is 5.69 Å². The molecule has 1 atom stereocenters. The average molecular weight is 295 g/mol. The van der Waals surface area contributed by atoms with Gasteiger partial charge < -0.3 is 14.8 Å². The number of alkyl halides is 1. The molecule has 0 spiro atoms. The number of anilines is 2. The van der Waals surface area contributed by atoms with Crippen molar-refractivity contribution in [2.75, 3.05) is 19.5 Å². The molecule has 7 heteroatoms. The summed E-state index contributed by atoms with van der Waals surface area (Å²) in [5.41, 5.74) is 1.78. The predicted molar refractivity (Wildman–Crippen MR) is 76.9 cm³/mol. The molecule has 0 radical (unpaired) electrons. The Morgan fingerprint density at radius 1 is 1.05 bits per heavy atom. The number of nitrogens with zero attached hydrogens (tertiary/aromatic N) is 3. The summed E-state index contributed by atoms with van der Waals surface area (Å²) in [5, 5.41) is 2.96. The molecule has 0 fully saturated rings. The Balaban J connectivity index is 2.34. The highest BCUT2D eigenvalue weighted by Crippen LogP contribution is 2.29. The topological polar surface area (TPSA) is 69.2 Å². The van der Waals surface area contributed by atoms with Crippen molar-refractivity contribution in [1.29, 1.82) is 0 Å². The van der Waals surface area contributed by atoms with Gasteiger partial charge in [-0.3, -0.25) is 0 Å². The third kappa shape index (κ3) is 3.27. The maximum Gasteiger partial charge on any atom is 0.324 e. The standard InChI is InChI=1S/C13H15ClN4O2/c1-8(14)9-6-4-5-7-10(9)15-11-16-12(19-2)18-13(17-11)20-3/h4-8H,1-3H3,(H,15,16,17,18). The fraction of sp³-hybridized carbons (Fsp3) is 0.308. The van der Waals surface area contributed by atoms with E-state index in [1.165, 1.54) is 14.2 Å². The highest BCUT2D eigenvalue weighted by molar-refractivity contribution is 6.21. The molecule has 1 aromatic heterocycles. The predicted octanol–water partition coefficient (Wildman–Crippen LogP) is 2.93. The van der Waals surface area contributed by atoms with Crippen LogP contribution in [-0.4, -0.2) is 29.2 Å². The second kappa shape index (κ2) is 6.38. The minimum Gasteiger partial charge on any atom is -0.467 e. The molecule has 1 unspecified atom stereocenters. The van der Waals surface area contributed by atoms with Crippen LogP contribution in [0.15, 0.2) is 24.3 Å². The van der Waals surface area contributed by atoms with Crippen LogP contribution in [0, 0.1) is 0 Å². The van der Waals surface area contributed by atoms with Crippen LogP contribution < -0.4 is 14.8 Å². The Labute approximate surface area is 122 Å². The van der Waals surface area contributed by atoms with E-state index in [2.05, 4.69) is 20.3 Å². The Kier molecular flexibility index (Phi) is 4.57. The molecular formula is C13H15ClN4O2. The van der Waals surface area contributed by atoms with Crippen LogP contribution in [0.25, 0.3) is 0 Å². The third-order valence-corrected chi connectivity index (χ3v) is 2.83. The van der Waals surface area contributed by atoms with Crippen molar-refractivity contribution < 1.29 is 9.47 Å². The van der Waals surface area contributed by atoms with E-state index < -0.39 is 0 Å². The van der Waals surface area contributed by atoms with Gasteiger partial charge in [-0.25, -0.2) is 0 Å². The van der Waals surface area contributed by atoms with Gasteiger partial charge in [-0.1, -0.05) is 18.2 Å². The van der Waals surface area contributed by atoms with Gasteiger partial charge in [0.05, 0.1) is 19.6 Å². The van der Waals surface area contributed by atoms with E-state index in [9.17, 15) is 0 Å². The molecule has 20 heavy (non-hydrogen) atoms. The summed E-state index contributed by atoms with van der Waals surface area (Å²) in [6.45, 7) is 1.90. The van der Waals surface area contributed by atoms with Crippen LogP contribution in [0.4, 0.5) is 11.6 Å². The first kappa shape index (κ1) is 14.3. The highest BCUT2D eigenvalue weighted by atomic mass is 35.5. The van der Waals surface area contributed by atoms with Crippen molar-refractivity contribution in [2.24, 2.45) is 0 Å². The largest absolute Gasteiger partial charge is 0.467 e. The molecule has 1 N–H and O–H groups in total. The van der Waals surface area contributed by atoms with Crippen LogP contribution in [0.5, 0.6) is 12.0 Å². The zero-order chi connectivity index (χ0) is 14.5. The van der Waals surface area contributed by atoms with Gasteiger partial charge >= 0.3 is 12.0 Å². The first-order valence-corrected chi connectivity index (χ1v) is 6.41. The monoisotopic (exact) mass is 294 g/mol. The Morgan fingerprint density at radius 3 is 2.20 bits per heavy atom. The third-order valence-electron chi connectivity index (χ3n) is 2.60. The van der Waals surface area contributed by atoms with Gasteiger partial charge in [0.15, 0.2) is 0 Å². The number of rotatable bonds is 5. The zero-order valence-electron chi connectivity index (χ0n) is 11.4. The maximum atomic E-state index is 6.15. The molecule has 106 valence electrons. The second-order valence-electron chi connectivity index (χ2n) is 3.96. The smallest absolute Gasteiger partial charge is 0.324 e. The molecule has 0 aliphatic carbocycles. The number of halogens is 1. The van der Waals surface area contributed by atoms with Gasteiger partial charge in [0.2, 0.25) is 5.95 Å². The van der Waals surface area contributed by atoms with Crippen molar-refractivity contribution in [1.82, 2.24) is 15.0 Å². The van der Waals surface area contributed by atoms with Crippen LogP contribution >= 0.6 is 11.6 Å².